The maximum Gasteiger partial charge on any atom is 0.255 e. The number of carbonyl (C=O) groups excluding carboxylic acids is 4. The first kappa shape index (κ1) is 20.3. The number of nitrogens with one attached hydrogen (secondary N) is 2. The Labute approximate surface area is 184 Å². The van der Waals surface area contributed by atoms with Crippen molar-refractivity contribution in [3.63, 3.8) is 0 Å². The number of amides is 4. The Morgan fingerprint density at radius 1 is 1.19 bits per heavy atom. The third-order valence-electron chi connectivity index (χ3n) is 6.21. The smallest absolute Gasteiger partial charge is 0.255 e. The molecule has 2 fully saturated rings. The lowest BCUT2D eigenvalue weighted by Crippen LogP contribution is -2.52. The summed E-state index contributed by atoms with van der Waals surface area (Å²) in [6.07, 6.45) is 2.19. The molecule has 1 aromatic carbocycles. The van der Waals surface area contributed by atoms with Gasteiger partial charge in [0.1, 0.15) is 6.04 Å². The molecule has 0 saturated carbocycles. The number of rotatable bonds is 5. The minimum absolute atomic E-state index is 0.146. The molecule has 0 radical (unpaired) electrons. The Hall–Kier alpha value is -3.59. The Kier molecular flexibility index (Phi) is 5.18. The third kappa shape index (κ3) is 3.64. The number of ether oxygens (including phenoxy) is 1. The average Bonchev–Trinajstić information content (AvgIpc) is 3.08. The molecule has 3 aliphatic rings. The van der Waals surface area contributed by atoms with Crippen molar-refractivity contribution < 1.29 is 23.9 Å². The van der Waals surface area contributed by atoms with Gasteiger partial charge in [0.15, 0.2) is 0 Å². The summed E-state index contributed by atoms with van der Waals surface area (Å²) in [5, 5.41) is 5.35. The van der Waals surface area contributed by atoms with Crippen LogP contribution in [0.1, 0.15) is 50.9 Å². The van der Waals surface area contributed by atoms with Gasteiger partial charge >= 0.3 is 0 Å². The molecule has 0 bridgehead atoms. The number of aromatic nitrogens is 1. The van der Waals surface area contributed by atoms with Crippen LogP contribution in [0.4, 0.5) is 0 Å². The topological polar surface area (TPSA) is 118 Å². The molecule has 5 rings (SSSR count). The minimum Gasteiger partial charge on any atom is -0.381 e. The zero-order chi connectivity index (χ0) is 22.2. The predicted octanol–water partition coefficient (Wildman–Crippen LogP) is 0.960. The quantitative estimate of drug-likeness (QED) is 0.677. The fourth-order valence-corrected chi connectivity index (χ4v) is 4.38. The van der Waals surface area contributed by atoms with Gasteiger partial charge in [0.05, 0.1) is 24.9 Å². The summed E-state index contributed by atoms with van der Waals surface area (Å²) in [5.41, 5.74) is 2.37. The van der Waals surface area contributed by atoms with Gasteiger partial charge in [-0.1, -0.05) is 6.07 Å². The summed E-state index contributed by atoms with van der Waals surface area (Å²) in [5.74, 6) is -1.16. The number of hydrogen-bond donors (Lipinski definition) is 2. The summed E-state index contributed by atoms with van der Waals surface area (Å²) in [6.45, 7) is 1.34. The monoisotopic (exact) mass is 434 g/mol. The van der Waals surface area contributed by atoms with Gasteiger partial charge in [-0.3, -0.25) is 29.5 Å². The molecular formula is C23H22N4O5. The fourth-order valence-electron chi connectivity index (χ4n) is 4.38. The lowest BCUT2D eigenvalue weighted by molar-refractivity contribution is -0.136. The number of fused-ring (bicyclic) bond motifs is 1. The second kappa shape index (κ2) is 8.16. The van der Waals surface area contributed by atoms with Crippen molar-refractivity contribution in [3.8, 4) is 0 Å². The number of imide groups is 1. The van der Waals surface area contributed by atoms with Gasteiger partial charge < -0.3 is 15.0 Å². The fraction of sp³-hybridized carbons (Fsp3) is 0.348. The normalized spacial score (nSPS) is 21.6. The van der Waals surface area contributed by atoms with Crippen LogP contribution in [0.25, 0.3) is 0 Å². The van der Waals surface area contributed by atoms with Crippen LogP contribution >= 0.6 is 0 Å². The number of nitrogens with zero attached hydrogens (tertiary/aromatic N) is 2. The summed E-state index contributed by atoms with van der Waals surface area (Å²) < 4.78 is 5.31. The van der Waals surface area contributed by atoms with Crippen LogP contribution < -0.4 is 10.6 Å². The Morgan fingerprint density at radius 3 is 2.72 bits per heavy atom. The van der Waals surface area contributed by atoms with Gasteiger partial charge in [-0.05, 0) is 42.3 Å². The van der Waals surface area contributed by atoms with Crippen molar-refractivity contribution in [2.24, 2.45) is 5.92 Å². The summed E-state index contributed by atoms with van der Waals surface area (Å²) in [7, 11) is 0. The molecule has 2 saturated heterocycles. The van der Waals surface area contributed by atoms with Gasteiger partial charge in [-0.2, -0.15) is 0 Å². The van der Waals surface area contributed by atoms with Gasteiger partial charge in [-0.15, -0.1) is 0 Å². The number of carbonyl (C=O) groups is 4. The van der Waals surface area contributed by atoms with E-state index in [-0.39, 0.29) is 42.6 Å². The highest BCUT2D eigenvalue weighted by molar-refractivity contribution is 6.06. The van der Waals surface area contributed by atoms with Gasteiger partial charge in [-0.25, -0.2) is 0 Å². The zero-order valence-corrected chi connectivity index (χ0v) is 17.2. The van der Waals surface area contributed by atoms with Crippen LogP contribution in [0, 0.1) is 5.92 Å². The van der Waals surface area contributed by atoms with E-state index in [2.05, 4.69) is 15.6 Å². The van der Waals surface area contributed by atoms with Crippen molar-refractivity contribution in [3.05, 3.63) is 65.0 Å². The molecule has 164 valence electrons. The standard InChI is InChI=1S/C23H22N4O5/c28-19-7-6-18(22(30)25-19)27-10-14-9-13(4-5-16(14)23(27)31)21(29)26-20(15-11-32-12-15)17-3-1-2-8-24-17/h1-5,8-9,15,18,20H,6-7,10-12H2,(H,26,29)(H,25,28,30)/t18?,20-/m1/s1. The molecular weight excluding hydrogens is 412 g/mol. The Balaban J connectivity index is 1.34. The molecule has 2 atom stereocenters. The van der Waals surface area contributed by atoms with E-state index in [0.717, 1.165) is 5.69 Å². The minimum atomic E-state index is -0.683. The lowest BCUT2D eigenvalue weighted by atomic mass is 9.94. The lowest BCUT2D eigenvalue weighted by Gasteiger charge is -2.33. The third-order valence-corrected chi connectivity index (χ3v) is 6.21. The molecule has 9 nitrogen and oxygen atoms in total. The number of hydrogen-bond acceptors (Lipinski definition) is 6. The number of pyridine rings is 1. The molecule has 2 N–H and O–H groups in total. The molecule has 4 heterocycles. The summed E-state index contributed by atoms with van der Waals surface area (Å²) in [4.78, 5) is 55.4. The zero-order valence-electron chi connectivity index (χ0n) is 17.2. The number of benzene rings is 1. The molecule has 4 amide bonds. The van der Waals surface area contributed by atoms with Crippen molar-refractivity contribution in [2.45, 2.75) is 31.5 Å². The van der Waals surface area contributed by atoms with E-state index in [1.165, 1.54) is 4.90 Å². The Bertz CT molecular complexity index is 1100. The van der Waals surface area contributed by atoms with E-state index in [1.54, 1.807) is 24.4 Å². The highest BCUT2D eigenvalue weighted by Crippen LogP contribution is 2.30. The van der Waals surface area contributed by atoms with E-state index in [4.69, 9.17) is 4.74 Å². The molecule has 2 aromatic rings. The summed E-state index contributed by atoms with van der Waals surface area (Å²) in [6, 6.07) is 9.57. The summed E-state index contributed by atoms with van der Waals surface area (Å²) >= 11 is 0. The highest BCUT2D eigenvalue weighted by Gasteiger charge is 2.39. The van der Waals surface area contributed by atoms with E-state index in [9.17, 15) is 19.2 Å². The molecule has 1 unspecified atom stereocenters. The van der Waals surface area contributed by atoms with Gasteiger partial charge in [0.25, 0.3) is 11.8 Å². The maximum atomic E-state index is 13.0. The van der Waals surface area contributed by atoms with E-state index < -0.39 is 11.9 Å². The first-order valence-corrected chi connectivity index (χ1v) is 10.6. The van der Waals surface area contributed by atoms with Crippen LogP contribution in [-0.4, -0.2) is 52.8 Å². The highest BCUT2D eigenvalue weighted by atomic mass is 16.5. The van der Waals surface area contributed by atoms with Crippen molar-refractivity contribution in [1.29, 1.82) is 0 Å². The van der Waals surface area contributed by atoms with Crippen LogP contribution in [0.2, 0.25) is 0 Å². The predicted molar refractivity (Wildman–Crippen MR) is 111 cm³/mol. The van der Waals surface area contributed by atoms with Crippen molar-refractivity contribution in [1.82, 2.24) is 20.5 Å². The molecule has 1 aromatic heterocycles. The van der Waals surface area contributed by atoms with E-state index in [0.29, 0.717) is 36.3 Å². The van der Waals surface area contributed by atoms with Gasteiger partial charge in [0.2, 0.25) is 11.8 Å². The largest absolute Gasteiger partial charge is 0.381 e. The van der Waals surface area contributed by atoms with Crippen LogP contribution in [-0.2, 0) is 20.9 Å². The molecule has 32 heavy (non-hydrogen) atoms. The van der Waals surface area contributed by atoms with Gasteiger partial charge in [0, 0.05) is 36.2 Å². The van der Waals surface area contributed by atoms with Crippen molar-refractivity contribution >= 4 is 23.6 Å². The average molecular weight is 434 g/mol. The first-order valence-electron chi connectivity index (χ1n) is 10.6. The maximum absolute atomic E-state index is 13.0. The van der Waals surface area contributed by atoms with Crippen LogP contribution in [0.3, 0.4) is 0 Å². The van der Waals surface area contributed by atoms with Crippen molar-refractivity contribution in [2.75, 3.05) is 13.2 Å². The van der Waals surface area contributed by atoms with Crippen LogP contribution in [0.5, 0.6) is 0 Å². The molecule has 0 spiro atoms. The second-order valence-electron chi connectivity index (χ2n) is 8.28. The molecule has 9 heteroatoms. The molecule has 0 aliphatic carbocycles. The Morgan fingerprint density at radius 2 is 2.03 bits per heavy atom. The SMILES string of the molecule is O=C1CCC(N2Cc3cc(C(=O)N[C@@H](c4ccccn4)C4COC4)ccc3C2=O)C(=O)N1. The molecule has 3 aliphatic heterocycles. The van der Waals surface area contributed by atoms with Crippen LogP contribution in [0.15, 0.2) is 42.6 Å². The number of piperidine rings is 1. The van der Waals surface area contributed by atoms with E-state index in [1.807, 2.05) is 18.2 Å². The van der Waals surface area contributed by atoms with E-state index >= 15 is 0 Å². The first-order chi connectivity index (χ1) is 15.5. The second-order valence-corrected chi connectivity index (χ2v) is 8.28.